The third-order valence-electron chi connectivity index (χ3n) is 4.87. The molecule has 0 N–H and O–H groups in total. The van der Waals surface area contributed by atoms with Gasteiger partial charge in [0.25, 0.3) is 11.1 Å². The molecule has 1 fully saturated rings. The van der Waals surface area contributed by atoms with Gasteiger partial charge in [-0.25, -0.2) is 9.18 Å². The topological polar surface area (TPSA) is 72.9 Å². The van der Waals surface area contributed by atoms with Gasteiger partial charge in [-0.15, -0.1) is 0 Å². The lowest BCUT2D eigenvalue weighted by atomic mass is 10.2. The van der Waals surface area contributed by atoms with E-state index in [-0.39, 0.29) is 17.0 Å². The van der Waals surface area contributed by atoms with Crippen LogP contribution in [0.3, 0.4) is 0 Å². The second-order valence-electron chi connectivity index (χ2n) is 7.05. The van der Waals surface area contributed by atoms with Gasteiger partial charge in [0.15, 0.2) is 0 Å². The number of thioether (sulfide) groups is 1. The van der Waals surface area contributed by atoms with Gasteiger partial charge in [0.05, 0.1) is 24.1 Å². The number of ether oxygens (including phenoxy) is 2. The van der Waals surface area contributed by atoms with Crippen LogP contribution >= 0.6 is 11.8 Å². The van der Waals surface area contributed by atoms with Crippen molar-refractivity contribution < 1.29 is 28.2 Å². The Bertz CT molecular complexity index is 1240. The van der Waals surface area contributed by atoms with Gasteiger partial charge in [0, 0.05) is 5.56 Å². The number of halogens is 1. The molecule has 2 amide bonds. The molecule has 0 bridgehead atoms. The second-order valence-corrected chi connectivity index (χ2v) is 8.04. The molecule has 0 aromatic heterocycles. The van der Waals surface area contributed by atoms with Gasteiger partial charge < -0.3 is 9.47 Å². The van der Waals surface area contributed by atoms with E-state index in [4.69, 9.17) is 9.47 Å². The third kappa shape index (κ3) is 5.12. The first-order chi connectivity index (χ1) is 15.9. The van der Waals surface area contributed by atoms with Crippen LogP contribution in [-0.4, -0.2) is 29.1 Å². The summed E-state index contributed by atoms with van der Waals surface area (Å²) in [6.07, 6.45) is 1.57. The maximum Gasteiger partial charge on any atom is 0.343 e. The minimum atomic E-state index is -0.514. The number of hydrogen-bond donors (Lipinski definition) is 0. The van der Waals surface area contributed by atoms with Gasteiger partial charge in [-0.2, -0.15) is 0 Å². The number of carbonyl (C=O) groups excluding carboxylic acids is 3. The summed E-state index contributed by atoms with van der Waals surface area (Å²) >= 11 is 0.797. The van der Waals surface area contributed by atoms with Gasteiger partial charge in [0.2, 0.25) is 0 Å². The van der Waals surface area contributed by atoms with Gasteiger partial charge in [-0.1, -0.05) is 30.3 Å². The summed E-state index contributed by atoms with van der Waals surface area (Å²) in [7, 11) is 1.54. The highest BCUT2D eigenvalue weighted by Gasteiger charge is 2.35. The Labute approximate surface area is 193 Å². The van der Waals surface area contributed by atoms with E-state index in [0.29, 0.717) is 22.6 Å². The summed E-state index contributed by atoms with van der Waals surface area (Å²) in [5.74, 6) is -0.502. The average Bonchev–Trinajstić information content (AvgIpc) is 3.09. The van der Waals surface area contributed by atoms with Crippen molar-refractivity contribution in [3.63, 3.8) is 0 Å². The summed E-state index contributed by atoms with van der Waals surface area (Å²) in [5.41, 5.74) is 1.29. The van der Waals surface area contributed by atoms with Crippen molar-refractivity contribution in [3.8, 4) is 11.5 Å². The van der Waals surface area contributed by atoms with E-state index in [9.17, 15) is 18.8 Å². The summed E-state index contributed by atoms with van der Waals surface area (Å²) in [6, 6.07) is 19.1. The van der Waals surface area contributed by atoms with Crippen LogP contribution in [0, 0.1) is 5.82 Å². The van der Waals surface area contributed by atoms with Gasteiger partial charge in [0.1, 0.15) is 17.3 Å². The fourth-order valence-corrected chi connectivity index (χ4v) is 3.95. The second kappa shape index (κ2) is 9.70. The van der Waals surface area contributed by atoms with Crippen LogP contribution < -0.4 is 9.47 Å². The number of methoxy groups -OCH3 is 1. The summed E-state index contributed by atoms with van der Waals surface area (Å²) in [6.45, 7) is -0.130. The van der Waals surface area contributed by atoms with E-state index >= 15 is 0 Å². The number of carbonyl (C=O) groups is 3. The first-order valence-electron chi connectivity index (χ1n) is 9.89. The van der Waals surface area contributed by atoms with Gasteiger partial charge in [-0.3, -0.25) is 14.5 Å². The molecule has 6 nitrogen and oxygen atoms in total. The molecule has 1 aliphatic rings. The minimum absolute atomic E-state index is 0.130. The fourth-order valence-electron chi connectivity index (χ4n) is 3.11. The summed E-state index contributed by atoms with van der Waals surface area (Å²) in [5, 5.41) is -0.459. The standard InChI is InChI=1S/C25H18FNO5S/c1-31-19-12-8-17(9-13-19)24(29)32-20-10-6-16(7-11-20)14-22-23(28)27(25(30)33-22)15-18-4-2-3-5-21(18)26/h2-14H,15H2,1H3/b22-14+. The van der Waals surface area contributed by atoms with Crippen LogP contribution in [0.5, 0.6) is 11.5 Å². The quantitative estimate of drug-likeness (QED) is 0.281. The molecule has 4 rings (SSSR count). The van der Waals surface area contributed by atoms with Crippen molar-refractivity contribution in [2.45, 2.75) is 6.54 Å². The Morgan fingerprint density at radius 3 is 2.30 bits per heavy atom. The van der Waals surface area contributed by atoms with Gasteiger partial charge >= 0.3 is 5.97 Å². The van der Waals surface area contributed by atoms with E-state index in [1.807, 2.05) is 0 Å². The molecule has 1 saturated heterocycles. The number of benzene rings is 3. The Morgan fingerprint density at radius 1 is 0.970 bits per heavy atom. The van der Waals surface area contributed by atoms with Crippen LogP contribution in [0.2, 0.25) is 0 Å². The summed E-state index contributed by atoms with van der Waals surface area (Å²) < 4.78 is 24.3. The Morgan fingerprint density at radius 2 is 1.64 bits per heavy atom. The van der Waals surface area contributed by atoms with Crippen LogP contribution in [-0.2, 0) is 11.3 Å². The molecule has 8 heteroatoms. The van der Waals surface area contributed by atoms with Crippen molar-refractivity contribution in [1.82, 2.24) is 4.90 Å². The lowest BCUT2D eigenvalue weighted by molar-refractivity contribution is -0.123. The number of nitrogens with zero attached hydrogens (tertiary/aromatic N) is 1. The molecular formula is C25H18FNO5S. The molecule has 3 aromatic carbocycles. The largest absolute Gasteiger partial charge is 0.497 e. The van der Waals surface area contributed by atoms with E-state index in [2.05, 4.69) is 0 Å². The van der Waals surface area contributed by atoms with E-state index in [1.54, 1.807) is 73.8 Å². The molecule has 166 valence electrons. The highest BCUT2D eigenvalue weighted by atomic mass is 32.2. The molecule has 0 atom stereocenters. The molecule has 0 aliphatic carbocycles. The molecule has 0 radical (unpaired) electrons. The number of hydrogen-bond acceptors (Lipinski definition) is 6. The normalized spacial score (nSPS) is 14.6. The predicted molar refractivity (Wildman–Crippen MR) is 122 cm³/mol. The molecule has 3 aromatic rings. The Hall–Kier alpha value is -3.91. The predicted octanol–water partition coefficient (Wildman–Crippen LogP) is 5.29. The molecular weight excluding hydrogens is 445 g/mol. The number of imide groups is 1. The van der Waals surface area contributed by atoms with Crippen LogP contribution in [0.15, 0.2) is 77.7 Å². The fraction of sp³-hybridized carbons (Fsp3) is 0.0800. The average molecular weight is 463 g/mol. The van der Waals surface area contributed by atoms with Crippen molar-refractivity contribution in [2.75, 3.05) is 7.11 Å². The number of esters is 1. The molecule has 0 unspecified atom stereocenters. The number of amides is 2. The van der Waals surface area contributed by atoms with Crippen LogP contribution in [0.1, 0.15) is 21.5 Å². The van der Waals surface area contributed by atoms with E-state index in [0.717, 1.165) is 16.7 Å². The molecule has 33 heavy (non-hydrogen) atoms. The molecule has 0 spiro atoms. The molecule has 0 saturated carbocycles. The summed E-state index contributed by atoms with van der Waals surface area (Å²) in [4.78, 5) is 38.5. The highest BCUT2D eigenvalue weighted by molar-refractivity contribution is 8.18. The zero-order valence-corrected chi connectivity index (χ0v) is 18.3. The molecule has 1 aliphatic heterocycles. The SMILES string of the molecule is COc1ccc(C(=O)Oc2ccc(/C=C3/SC(=O)N(Cc4ccccc4F)C3=O)cc2)cc1. The van der Waals surface area contributed by atoms with Crippen LogP contribution in [0.25, 0.3) is 6.08 Å². The van der Waals surface area contributed by atoms with Crippen LogP contribution in [0.4, 0.5) is 9.18 Å². The maximum absolute atomic E-state index is 13.9. The minimum Gasteiger partial charge on any atom is -0.497 e. The Kier molecular flexibility index (Phi) is 6.55. The van der Waals surface area contributed by atoms with Crippen molar-refractivity contribution >= 4 is 35.0 Å². The zero-order chi connectivity index (χ0) is 23.4. The molecule has 1 heterocycles. The third-order valence-corrected chi connectivity index (χ3v) is 5.78. The van der Waals surface area contributed by atoms with Crippen molar-refractivity contribution in [1.29, 1.82) is 0 Å². The smallest absolute Gasteiger partial charge is 0.343 e. The first-order valence-corrected chi connectivity index (χ1v) is 10.7. The van der Waals surface area contributed by atoms with E-state index in [1.165, 1.54) is 12.1 Å². The monoisotopic (exact) mass is 463 g/mol. The highest BCUT2D eigenvalue weighted by Crippen LogP contribution is 2.33. The van der Waals surface area contributed by atoms with E-state index < -0.39 is 22.9 Å². The number of rotatable bonds is 6. The van der Waals surface area contributed by atoms with Gasteiger partial charge in [-0.05, 0) is 65.9 Å². The van der Waals surface area contributed by atoms with Crippen molar-refractivity contribution in [3.05, 3.63) is 100 Å². The lowest BCUT2D eigenvalue weighted by Crippen LogP contribution is -2.27. The zero-order valence-electron chi connectivity index (χ0n) is 17.5. The van der Waals surface area contributed by atoms with Crippen molar-refractivity contribution in [2.24, 2.45) is 0 Å². The first kappa shape index (κ1) is 22.3. The lowest BCUT2D eigenvalue weighted by Gasteiger charge is -2.12. The Balaban J connectivity index is 1.43. The maximum atomic E-state index is 13.9.